The Morgan fingerprint density at radius 2 is 1.02 bits per heavy atom. The quantitative estimate of drug-likeness (QED) is 0.0518. The van der Waals surface area contributed by atoms with Gasteiger partial charge < -0.3 is 20.6 Å². The summed E-state index contributed by atoms with van der Waals surface area (Å²) in [5.74, 6) is -0.483. The van der Waals surface area contributed by atoms with Crippen molar-refractivity contribution in [2.45, 2.75) is 186 Å². The molecular formula is C35H67NO4. The minimum atomic E-state index is -1.08. The van der Waals surface area contributed by atoms with Gasteiger partial charge in [0.15, 0.2) is 0 Å². The Labute approximate surface area is 248 Å². The van der Waals surface area contributed by atoms with Crippen LogP contribution in [0.4, 0.5) is 0 Å². The van der Waals surface area contributed by atoms with Crippen molar-refractivity contribution < 1.29 is 20.1 Å². The molecule has 0 spiro atoms. The van der Waals surface area contributed by atoms with E-state index in [0.717, 1.165) is 44.9 Å². The largest absolute Gasteiger partial charge is 0.394 e. The average Bonchev–Trinajstić information content (AvgIpc) is 2.96. The fraction of sp³-hybridized carbons (Fsp3) is 0.857. The lowest BCUT2D eigenvalue weighted by Gasteiger charge is -2.23. The Hall–Kier alpha value is -1.17. The average molecular weight is 566 g/mol. The summed E-state index contributed by atoms with van der Waals surface area (Å²) in [7, 11) is 0. The van der Waals surface area contributed by atoms with Gasteiger partial charge in [0.1, 0.15) is 6.10 Å². The highest BCUT2D eigenvalue weighted by atomic mass is 16.3. The molecule has 0 aromatic rings. The Balaban J connectivity index is 3.74. The highest BCUT2D eigenvalue weighted by molar-refractivity contribution is 5.80. The molecule has 0 aromatic carbocycles. The number of aliphatic hydroxyl groups is 3. The first-order valence-electron chi connectivity index (χ1n) is 17.1. The third kappa shape index (κ3) is 25.8. The second-order valence-corrected chi connectivity index (χ2v) is 11.7. The summed E-state index contributed by atoms with van der Waals surface area (Å²) in [5.41, 5.74) is 0. The van der Waals surface area contributed by atoms with Gasteiger partial charge in [-0.3, -0.25) is 4.79 Å². The Kier molecular flexibility index (Phi) is 29.9. The molecule has 3 atom stereocenters. The van der Waals surface area contributed by atoms with Crippen LogP contribution < -0.4 is 5.32 Å². The van der Waals surface area contributed by atoms with Crippen molar-refractivity contribution >= 4 is 5.91 Å². The van der Waals surface area contributed by atoms with E-state index >= 15 is 0 Å². The number of nitrogens with one attached hydrogen (secondary N) is 1. The van der Waals surface area contributed by atoms with Gasteiger partial charge >= 0.3 is 0 Å². The normalized spacial score (nSPS) is 14.2. The molecule has 0 aromatic heterocycles. The van der Waals surface area contributed by atoms with Crippen LogP contribution in [0.5, 0.6) is 0 Å². The lowest BCUT2D eigenvalue weighted by atomic mass is 10.0. The topological polar surface area (TPSA) is 89.8 Å². The molecule has 0 aliphatic rings. The van der Waals surface area contributed by atoms with Crippen molar-refractivity contribution in [1.29, 1.82) is 0 Å². The summed E-state index contributed by atoms with van der Waals surface area (Å²) in [4.78, 5) is 12.4. The summed E-state index contributed by atoms with van der Waals surface area (Å²) < 4.78 is 0. The van der Waals surface area contributed by atoms with Crippen molar-refractivity contribution in [2.75, 3.05) is 6.61 Å². The highest BCUT2D eigenvalue weighted by Crippen LogP contribution is 2.14. The standard InChI is InChI=1S/C35H67NO4/c1-3-5-7-9-11-13-15-16-17-18-19-20-22-24-26-28-30-34(39)35(40)36-32(31-37)33(38)29-27-25-23-21-14-12-10-8-6-4-2/h11,13,16-17,32-34,37-39H,3-10,12,14-15,18-31H2,1-2H3,(H,36,40)/b13-11-,17-16-. The first-order chi connectivity index (χ1) is 19.6. The van der Waals surface area contributed by atoms with E-state index in [1.165, 1.54) is 96.3 Å². The molecule has 0 saturated heterocycles. The summed E-state index contributed by atoms with van der Waals surface area (Å²) >= 11 is 0. The van der Waals surface area contributed by atoms with Gasteiger partial charge in [-0.2, -0.15) is 0 Å². The van der Waals surface area contributed by atoms with Crippen LogP contribution in [-0.4, -0.2) is 46.1 Å². The summed E-state index contributed by atoms with van der Waals surface area (Å²) in [6.07, 6.45) is 34.4. The lowest BCUT2D eigenvalue weighted by molar-refractivity contribution is -0.131. The summed E-state index contributed by atoms with van der Waals surface area (Å²) in [6, 6.07) is -0.711. The Morgan fingerprint density at radius 1 is 0.600 bits per heavy atom. The van der Waals surface area contributed by atoms with Gasteiger partial charge in [-0.05, 0) is 44.9 Å². The second-order valence-electron chi connectivity index (χ2n) is 11.7. The van der Waals surface area contributed by atoms with E-state index in [4.69, 9.17) is 0 Å². The number of carbonyl (C=O) groups excluding carboxylic acids is 1. The maximum Gasteiger partial charge on any atom is 0.249 e. The Morgan fingerprint density at radius 3 is 1.55 bits per heavy atom. The van der Waals surface area contributed by atoms with E-state index in [9.17, 15) is 20.1 Å². The fourth-order valence-electron chi connectivity index (χ4n) is 5.04. The van der Waals surface area contributed by atoms with Crippen molar-refractivity contribution in [3.05, 3.63) is 24.3 Å². The molecule has 0 fully saturated rings. The van der Waals surface area contributed by atoms with E-state index in [1.807, 2.05) is 0 Å². The fourth-order valence-corrected chi connectivity index (χ4v) is 5.04. The number of hydrogen-bond donors (Lipinski definition) is 4. The number of hydrogen-bond acceptors (Lipinski definition) is 4. The van der Waals surface area contributed by atoms with Crippen LogP contribution in [0.3, 0.4) is 0 Å². The van der Waals surface area contributed by atoms with Crippen LogP contribution in [0.25, 0.3) is 0 Å². The van der Waals surface area contributed by atoms with Crippen molar-refractivity contribution in [2.24, 2.45) is 0 Å². The molecule has 0 bridgehead atoms. The zero-order valence-corrected chi connectivity index (χ0v) is 26.5. The van der Waals surface area contributed by atoms with Crippen LogP contribution in [-0.2, 0) is 4.79 Å². The predicted molar refractivity (Wildman–Crippen MR) is 171 cm³/mol. The van der Waals surface area contributed by atoms with Crippen LogP contribution in [0.1, 0.15) is 168 Å². The third-order valence-electron chi connectivity index (χ3n) is 7.82. The Bertz CT molecular complexity index is 592. The minimum Gasteiger partial charge on any atom is -0.394 e. The van der Waals surface area contributed by atoms with Crippen LogP contribution in [0, 0.1) is 0 Å². The molecule has 5 heteroatoms. The van der Waals surface area contributed by atoms with Gasteiger partial charge in [0, 0.05) is 0 Å². The van der Waals surface area contributed by atoms with Crippen molar-refractivity contribution in [3.8, 4) is 0 Å². The molecule has 0 aliphatic carbocycles. The van der Waals surface area contributed by atoms with Crippen molar-refractivity contribution in [1.82, 2.24) is 5.32 Å². The number of rotatable bonds is 30. The van der Waals surface area contributed by atoms with Crippen LogP contribution >= 0.6 is 0 Å². The maximum atomic E-state index is 12.4. The van der Waals surface area contributed by atoms with E-state index in [1.54, 1.807) is 0 Å². The first-order valence-corrected chi connectivity index (χ1v) is 17.1. The lowest BCUT2D eigenvalue weighted by Crippen LogP contribution is -2.49. The highest BCUT2D eigenvalue weighted by Gasteiger charge is 2.23. The molecule has 0 radical (unpaired) electrons. The molecule has 0 saturated carbocycles. The third-order valence-corrected chi connectivity index (χ3v) is 7.82. The zero-order valence-electron chi connectivity index (χ0n) is 26.5. The number of amides is 1. The molecule has 5 nitrogen and oxygen atoms in total. The molecular weight excluding hydrogens is 498 g/mol. The monoisotopic (exact) mass is 566 g/mol. The number of carbonyl (C=O) groups is 1. The first kappa shape index (κ1) is 38.8. The number of allylic oxidation sites excluding steroid dienone is 4. The van der Waals surface area contributed by atoms with E-state index < -0.39 is 24.2 Å². The zero-order chi connectivity index (χ0) is 29.5. The van der Waals surface area contributed by atoms with Gasteiger partial charge in [0.2, 0.25) is 5.91 Å². The van der Waals surface area contributed by atoms with Gasteiger partial charge in [-0.25, -0.2) is 0 Å². The predicted octanol–water partition coefficient (Wildman–Crippen LogP) is 8.70. The molecule has 1 amide bonds. The molecule has 4 N–H and O–H groups in total. The minimum absolute atomic E-state index is 0.317. The van der Waals surface area contributed by atoms with E-state index in [0.29, 0.717) is 12.8 Å². The van der Waals surface area contributed by atoms with Gasteiger partial charge in [-0.1, -0.05) is 147 Å². The van der Waals surface area contributed by atoms with Crippen LogP contribution in [0.15, 0.2) is 24.3 Å². The number of aliphatic hydroxyl groups excluding tert-OH is 3. The molecule has 0 heterocycles. The smallest absolute Gasteiger partial charge is 0.249 e. The molecule has 0 rings (SSSR count). The molecule has 3 unspecified atom stereocenters. The second kappa shape index (κ2) is 30.8. The van der Waals surface area contributed by atoms with Crippen molar-refractivity contribution in [3.63, 3.8) is 0 Å². The van der Waals surface area contributed by atoms with Crippen LogP contribution in [0.2, 0.25) is 0 Å². The SMILES string of the molecule is CCCCC/C=C\C/C=C\CCCCCCCCC(O)C(=O)NC(CO)C(O)CCCCCCCCCCCC. The molecule has 40 heavy (non-hydrogen) atoms. The van der Waals surface area contributed by atoms with Gasteiger partial charge in [0.25, 0.3) is 0 Å². The summed E-state index contributed by atoms with van der Waals surface area (Å²) in [5, 5.41) is 33.0. The molecule has 236 valence electrons. The summed E-state index contributed by atoms with van der Waals surface area (Å²) in [6.45, 7) is 4.16. The van der Waals surface area contributed by atoms with Gasteiger partial charge in [-0.15, -0.1) is 0 Å². The number of unbranched alkanes of at least 4 members (excludes halogenated alkanes) is 18. The molecule has 0 aliphatic heterocycles. The van der Waals surface area contributed by atoms with E-state index in [2.05, 4.69) is 43.5 Å². The maximum absolute atomic E-state index is 12.4. The van der Waals surface area contributed by atoms with E-state index in [-0.39, 0.29) is 6.61 Å². The van der Waals surface area contributed by atoms with Gasteiger partial charge in [0.05, 0.1) is 18.8 Å².